The smallest absolute Gasteiger partial charge is 0.252 e. The number of carbonyl (C=O) groups excluding carboxylic acids is 2. The molecule has 1 fully saturated rings. The summed E-state index contributed by atoms with van der Waals surface area (Å²) in [7, 11) is 1.70. The first-order chi connectivity index (χ1) is 12.5. The first kappa shape index (κ1) is 17.9. The van der Waals surface area contributed by atoms with Crippen molar-refractivity contribution in [2.75, 3.05) is 31.6 Å². The average molecular weight is 354 g/mol. The number of benzene rings is 2. The quantitative estimate of drug-likeness (QED) is 0.800. The predicted octanol–water partition coefficient (Wildman–Crippen LogP) is 2.69. The number of likely N-dealkylation sites (N-methyl/N-ethyl adjacent to an activating group) is 1. The number of nitrogens with zero attached hydrogens (tertiary/aromatic N) is 2. The van der Waals surface area contributed by atoms with E-state index in [9.17, 15) is 9.59 Å². The van der Waals surface area contributed by atoms with Crippen LogP contribution >= 0.6 is 0 Å². The van der Waals surface area contributed by atoms with Crippen molar-refractivity contribution in [3.05, 3.63) is 54.6 Å². The van der Waals surface area contributed by atoms with Crippen LogP contribution in [0.3, 0.4) is 0 Å². The van der Waals surface area contributed by atoms with Crippen LogP contribution in [-0.2, 0) is 14.3 Å². The van der Waals surface area contributed by atoms with Crippen molar-refractivity contribution >= 4 is 17.5 Å². The molecular weight excluding hydrogens is 332 g/mol. The molecule has 1 saturated heterocycles. The number of hydrogen-bond acceptors (Lipinski definition) is 4. The van der Waals surface area contributed by atoms with E-state index in [1.165, 1.54) is 11.8 Å². The van der Waals surface area contributed by atoms with E-state index in [0.29, 0.717) is 30.3 Å². The zero-order valence-corrected chi connectivity index (χ0v) is 14.9. The number of likely N-dealkylation sites (tertiary alicyclic amines) is 1. The highest BCUT2D eigenvalue weighted by molar-refractivity contribution is 5.95. The first-order valence-corrected chi connectivity index (χ1v) is 8.50. The lowest BCUT2D eigenvalue weighted by atomic mass is 10.2. The third-order valence-corrected chi connectivity index (χ3v) is 4.31. The zero-order chi connectivity index (χ0) is 18.5. The van der Waals surface area contributed by atoms with Crippen LogP contribution in [0.5, 0.6) is 11.5 Å². The van der Waals surface area contributed by atoms with Gasteiger partial charge >= 0.3 is 0 Å². The molecule has 0 aromatic heterocycles. The summed E-state index contributed by atoms with van der Waals surface area (Å²) in [4.78, 5) is 26.9. The van der Waals surface area contributed by atoms with E-state index in [4.69, 9.17) is 9.47 Å². The van der Waals surface area contributed by atoms with Gasteiger partial charge in [-0.15, -0.1) is 0 Å². The average Bonchev–Trinajstić information content (AvgIpc) is 2.60. The largest absolute Gasteiger partial charge is 0.455 e. The second-order valence-electron chi connectivity index (χ2n) is 6.19. The van der Waals surface area contributed by atoms with E-state index in [1.807, 2.05) is 54.6 Å². The minimum absolute atomic E-state index is 0.0280. The van der Waals surface area contributed by atoms with Gasteiger partial charge in [-0.05, 0) is 24.3 Å². The Kier molecular flexibility index (Phi) is 5.53. The van der Waals surface area contributed by atoms with Gasteiger partial charge in [0.05, 0.1) is 11.8 Å². The highest BCUT2D eigenvalue weighted by Crippen LogP contribution is 2.31. The van der Waals surface area contributed by atoms with Crippen LogP contribution in [0.1, 0.15) is 6.92 Å². The topological polar surface area (TPSA) is 59.1 Å². The number of hydrogen-bond donors (Lipinski definition) is 0. The molecule has 6 heteroatoms. The molecule has 3 rings (SSSR count). The summed E-state index contributed by atoms with van der Waals surface area (Å²) < 4.78 is 11.5. The minimum atomic E-state index is -0.171. The summed E-state index contributed by atoms with van der Waals surface area (Å²) in [6.07, 6.45) is -0.0768. The van der Waals surface area contributed by atoms with E-state index < -0.39 is 0 Å². The Balaban J connectivity index is 1.59. The van der Waals surface area contributed by atoms with Gasteiger partial charge < -0.3 is 19.3 Å². The maximum absolute atomic E-state index is 12.5. The molecule has 0 spiro atoms. The molecule has 0 bridgehead atoms. The summed E-state index contributed by atoms with van der Waals surface area (Å²) >= 11 is 0. The summed E-state index contributed by atoms with van der Waals surface area (Å²) in [5.74, 6) is 1.16. The molecule has 1 heterocycles. The lowest BCUT2D eigenvalue weighted by Crippen LogP contribution is -2.54. The Morgan fingerprint density at radius 2 is 1.73 bits per heavy atom. The van der Waals surface area contributed by atoms with Crippen molar-refractivity contribution in [2.45, 2.75) is 13.0 Å². The molecule has 0 atom stereocenters. The number of anilines is 1. The lowest BCUT2D eigenvalue weighted by molar-refractivity contribution is -0.145. The third kappa shape index (κ3) is 4.21. The van der Waals surface area contributed by atoms with E-state index in [0.717, 1.165) is 0 Å². The molecule has 1 aliphatic heterocycles. The highest BCUT2D eigenvalue weighted by atomic mass is 16.5. The Hall–Kier alpha value is -2.86. The minimum Gasteiger partial charge on any atom is -0.455 e. The molecule has 2 aromatic rings. The molecular formula is C20H22N2O4. The lowest BCUT2D eigenvalue weighted by Gasteiger charge is -2.38. The number of ether oxygens (including phenoxy) is 2. The van der Waals surface area contributed by atoms with E-state index in [2.05, 4.69) is 0 Å². The van der Waals surface area contributed by atoms with Crippen LogP contribution in [0.15, 0.2) is 54.6 Å². The molecule has 2 aromatic carbocycles. The number of para-hydroxylation sites is 3. The van der Waals surface area contributed by atoms with Crippen molar-refractivity contribution in [1.82, 2.24) is 4.90 Å². The second-order valence-corrected chi connectivity index (χ2v) is 6.19. The van der Waals surface area contributed by atoms with Crippen molar-refractivity contribution in [3.8, 4) is 11.5 Å². The summed E-state index contributed by atoms with van der Waals surface area (Å²) in [5, 5.41) is 0. The molecule has 26 heavy (non-hydrogen) atoms. The van der Waals surface area contributed by atoms with Crippen molar-refractivity contribution in [2.24, 2.45) is 0 Å². The highest BCUT2D eigenvalue weighted by Gasteiger charge is 2.30. The number of rotatable bonds is 6. The van der Waals surface area contributed by atoms with E-state index in [1.54, 1.807) is 11.9 Å². The monoisotopic (exact) mass is 354 g/mol. The standard InChI is InChI=1S/C20H22N2O4/c1-15(23)22-12-17(13-22)25-14-20(24)21(2)18-10-6-7-11-19(18)26-16-8-4-3-5-9-16/h3-11,17H,12-14H2,1-2H3. The third-order valence-electron chi connectivity index (χ3n) is 4.31. The van der Waals surface area contributed by atoms with Gasteiger partial charge in [-0.3, -0.25) is 9.59 Å². The molecule has 0 radical (unpaired) electrons. The fourth-order valence-corrected chi connectivity index (χ4v) is 2.66. The van der Waals surface area contributed by atoms with Crippen LogP contribution < -0.4 is 9.64 Å². The van der Waals surface area contributed by atoms with Gasteiger partial charge in [0, 0.05) is 27.1 Å². The molecule has 6 nitrogen and oxygen atoms in total. The predicted molar refractivity (Wildman–Crippen MR) is 98.4 cm³/mol. The van der Waals surface area contributed by atoms with Crippen molar-refractivity contribution in [1.29, 1.82) is 0 Å². The van der Waals surface area contributed by atoms with Crippen LogP contribution in [0, 0.1) is 0 Å². The van der Waals surface area contributed by atoms with Gasteiger partial charge in [-0.25, -0.2) is 0 Å². The summed E-state index contributed by atoms with van der Waals surface area (Å²) in [6, 6.07) is 16.8. The fraction of sp³-hybridized carbons (Fsp3) is 0.300. The van der Waals surface area contributed by atoms with Crippen LogP contribution in [-0.4, -0.2) is 49.6 Å². The maximum atomic E-state index is 12.5. The maximum Gasteiger partial charge on any atom is 0.252 e. The summed E-state index contributed by atoms with van der Waals surface area (Å²) in [6.45, 7) is 2.57. The van der Waals surface area contributed by atoms with Gasteiger partial charge in [0.15, 0.2) is 5.75 Å². The number of amides is 2. The Labute approximate surface area is 152 Å². The fourth-order valence-electron chi connectivity index (χ4n) is 2.66. The van der Waals surface area contributed by atoms with Gasteiger partial charge in [-0.2, -0.15) is 0 Å². The molecule has 1 aliphatic rings. The molecule has 0 unspecified atom stereocenters. The van der Waals surface area contributed by atoms with E-state index >= 15 is 0 Å². The zero-order valence-electron chi connectivity index (χ0n) is 14.9. The molecule has 0 aliphatic carbocycles. The Morgan fingerprint density at radius 1 is 1.08 bits per heavy atom. The molecule has 0 saturated carbocycles. The van der Waals surface area contributed by atoms with Gasteiger partial charge in [-0.1, -0.05) is 30.3 Å². The van der Waals surface area contributed by atoms with Crippen molar-refractivity contribution < 1.29 is 19.1 Å². The normalized spacial score (nSPS) is 13.8. The van der Waals surface area contributed by atoms with Crippen LogP contribution in [0.4, 0.5) is 5.69 Å². The summed E-state index contributed by atoms with van der Waals surface area (Å²) in [5.41, 5.74) is 0.670. The van der Waals surface area contributed by atoms with Crippen LogP contribution in [0.2, 0.25) is 0 Å². The van der Waals surface area contributed by atoms with Crippen LogP contribution in [0.25, 0.3) is 0 Å². The Bertz CT molecular complexity index is 772. The van der Waals surface area contributed by atoms with Gasteiger partial charge in [0.2, 0.25) is 5.91 Å². The number of carbonyl (C=O) groups is 2. The Morgan fingerprint density at radius 3 is 2.42 bits per heavy atom. The molecule has 0 N–H and O–H groups in total. The second kappa shape index (κ2) is 8.01. The first-order valence-electron chi connectivity index (χ1n) is 8.50. The van der Waals surface area contributed by atoms with Gasteiger partial charge in [0.1, 0.15) is 12.4 Å². The molecule has 2 amide bonds. The van der Waals surface area contributed by atoms with E-state index in [-0.39, 0.29) is 24.5 Å². The molecule has 136 valence electrons. The van der Waals surface area contributed by atoms with Crippen molar-refractivity contribution in [3.63, 3.8) is 0 Å². The van der Waals surface area contributed by atoms with Gasteiger partial charge in [0.25, 0.3) is 5.91 Å². The SMILES string of the molecule is CC(=O)N1CC(OCC(=O)N(C)c2ccccc2Oc2ccccc2)C1.